The van der Waals surface area contributed by atoms with E-state index in [0.717, 1.165) is 25.7 Å². The van der Waals surface area contributed by atoms with E-state index in [2.05, 4.69) is 15.0 Å². The molecule has 1 aromatic heterocycles. The smallest absolute Gasteiger partial charge is 0.259 e. The Morgan fingerprint density at radius 2 is 1.96 bits per heavy atom. The standard InChI is InChI=1S/C17H29N5O3S.ClH/c1-11-20-16(10-22(11)2)26(24,25)19-7-6-15(23)21-17-12-4-3-5-13(17)9-14(18)8-12;/h10,12-14,17,19H,3-9,18H2,1-2H3,(H,21,23);1H. The maximum Gasteiger partial charge on any atom is 0.259 e. The predicted octanol–water partition coefficient (Wildman–Crippen LogP) is 0.841. The lowest BCUT2D eigenvalue weighted by molar-refractivity contribution is -0.123. The van der Waals surface area contributed by atoms with Crippen LogP contribution in [0.3, 0.4) is 0 Å². The molecule has 154 valence electrons. The fraction of sp³-hybridized carbons (Fsp3) is 0.765. The minimum Gasteiger partial charge on any atom is -0.353 e. The summed E-state index contributed by atoms with van der Waals surface area (Å²) >= 11 is 0. The number of amides is 1. The van der Waals surface area contributed by atoms with Crippen LogP contribution in [-0.4, -0.2) is 42.5 Å². The number of aromatic nitrogens is 2. The molecular formula is C17H30ClN5O3S. The summed E-state index contributed by atoms with van der Waals surface area (Å²) in [6, 6.07) is 0.429. The van der Waals surface area contributed by atoms with E-state index in [0.29, 0.717) is 17.7 Å². The van der Waals surface area contributed by atoms with Crippen LogP contribution in [0.4, 0.5) is 0 Å². The highest BCUT2D eigenvalue weighted by Crippen LogP contribution is 2.39. The van der Waals surface area contributed by atoms with Crippen LogP contribution in [-0.2, 0) is 21.9 Å². The van der Waals surface area contributed by atoms with Gasteiger partial charge in [-0.1, -0.05) is 6.42 Å². The summed E-state index contributed by atoms with van der Waals surface area (Å²) in [5, 5.41) is 3.11. The molecule has 2 unspecified atom stereocenters. The fourth-order valence-corrected chi connectivity index (χ4v) is 5.38. The van der Waals surface area contributed by atoms with E-state index < -0.39 is 10.0 Å². The lowest BCUT2D eigenvalue weighted by Crippen LogP contribution is -2.54. The number of fused-ring (bicyclic) bond motifs is 2. The van der Waals surface area contributed by atoms with E-state index in [1.807, 2.05) is 0 Å². The zero-order valence-corrected chi connectivity index (χ0v) is 17.5. The van der Waals surface area contributed by atoms with Gasteiger partial charge in [0.05, 0.1) is 0 Å². The molecule has 0 saturated heterocycles. The molecule has 2 aliphatic rings. The first-order valence-electron chi connectivity index (χ1n) is 9.31. The summed E-state index contributed by atoms with van der Waals surface area (Å²) < 4.78 is 28.6. The number of hydrogen-bond donors (Lipinski definition) is 3. The van der Waals surface area contributed by atoms with Gasteiger partial charge in [0.2, 0.25) is 5.91 Å². The van der Waals surface area contributed by atoms with Gasteiger partial charge in [0, 0.05) is 38.3 Å². The molecule has 2 aliphatic carbocycles. The number of carbonyl (C=O) groups excluding carboxylic acids is 1. The first kappa shape index (κ1) is 22.1. The van der Waals surface area contributed by atoms with Crippen LogP contribution in [0.15, 0.2) is 11.2 Å². The molecular weight excluding hydrogens is 390 g/mol. The summed E-state index contributed by atoms with van der Waals surface area (Å²) in [6.45, 7) is 1.80. The van der Waals surface area contributed by atoms with E-state index in [9.17, 15) is 13.2 Å². The van der Waals surface area contributed by atoms with Crippen LogP contribution in [0.25, 0.3) is 0 Å². The second kappa shape index (κ2) is 8.89. The van der Waals surface area contributed by atoms with Crippen molar-refractivity contribution in [1.29, 1.82) is 0 Å². The Kier molecular flexibility index (Phi) is 7.29. The molecule has 2 fully saturated rings. The summed E-state index contributed by atoms with van der Waals surface area (Å²) in [7, 11) is -1.95. The Morgan fingerprint density at radius 3 is 2.52 bits per heavy atom. The van der Waals surface area contributed by atoms with Crippen molar-refractivity contribution >= 4 is 28.3 Å². The van der Waals surface area contributed by atoms with Gasteiger partial charge in [-0.2, -0.15) is 0 Å². The number of halogens is 1. The summed E-state index contributed by atoms with van der Waals surface area (Å²) in [6.07, 6.45) is 6.94. The van der Waals surface area contributed by atoms with Crippen LogP contribution in [0, 0.1) is 18.8 Å². The second-order valence-electron chi connectivity index (χ2n) is 7.66. The minimum atomic E-state index is -3.69. The van der Waals surface area contributed by atoms with Crippen molar-refractivity contribution in [1.82, 2.24) is 19.6 Å². The van der Waals surface area contributed by atoms with Crippen molar-refractivity contribution in [2.45, 2.75) is 62.6 Å². The monoisotopic (exact) mass is 419 g/mol. The highest BCUT2D eigenvalue weighted by Gasteiger charge is 2.39. The van der Waals surface area contributed by atoms with Crippen LogP contribution < -0.4 is 15.8 Å². The topological polar surface area (TPSA) is 119 Å². The van der Waals surface area contributed by atoms with Gasteiger partial charge in [0.15, 0.2) is 5.03 Å². The first-order chi connectivity index (χ1) is 12.3. The van der Waals surface area contributed by atoms with Crippen LogP contribution in [0.5, 0.6) is 0 Å². The van der Waals surface area contributed by atoms with Gasteiger partial charge in [-0.25, -0.2) is 18.1 Å². The van der Waals surface area contributed by atoms with Gasteiger partial charge < -0.3 is 15.6 Å². The molecule has 3 rings (SSSR count). The lowest BCUT2D eigenvalue weighted by atomic mass is 9.67. The lowest BCUT2D eigenvalue weighted by Gasteiger charge is -2.45. The number of nitrogens with two attached hydrogens (primary N) is 1. The molecule has 2 bridgehead atoms. The minimum absolute atomic E-state index is 0. The van der Waals surface area contributed by atoms with Crippen LogP contribution >= 0.6 is 12.4 Å². The van der Waals surface area contributed by atoms with Gasteiger partial charge in [0.1, 0.15) is 5.82 Å². The summed E-state index contributed by atoms with van der Waals surface area (Å²) in [4.78, 5) is 16.3. The third kappa shape index (κ3) is 5.22. The zero-order chi connectivity index (χ0) is 18.9. The van der Waals surface area contributed by atoms with Crippen molar-refractivity contribution in [3.05, 3.63) is 12.0 Å². The van der Waals surface area contributed by atoms with Crippen molar-refractivity contribution in [2.24, 2.45) is 24.6 Å². The highest BCUT2D eigenvalue weighted by atomic mass is 35.5. The molecule has 2 saturated carbocycles. The third-order valence-electron chi connectivity index (χ3n) is 5.71. The molecule has 1 aromatic rings. The van der Waals surface area contributed by atoms with E-state index >= 15 is 0 Å². The summed E-state index contributed by atoms with van der Waals surface area (Å²) in [5.41, 5.74) is 6.12. The van der Waals surface area contributed by atoms with E-state index in [-0.39, 0.29) is 48.4 Å². The van der Waals surface area contributed by atoms with Crippen molar-refractivity contribution < 1.29 is 13.2 Å². The quantitative estimate of drug-likeness (QED) is 0.631. The highest BCUT2D eigenvalue weighted by molar-refractivity contribution is 7.89. The number of aryl methyl sites for hydroxylation is 2. The van der Waals surface area contributed by atoms with Crippen molar-refractivity contribution in [3.8, 4) is 0 Å². The van der Waals surface area contributed by atoms with E-state index in [4.69, 9.17) is 5.73 Å². The Labute approximate surface area is 167 Å². The number of rotatable bonds is 6. The Bertz CT molecular complexity index is 733. The number of carbonyl (C=O) groups is 1. The van der Waals surface area contributed by atoms with Gasteiger partial charge in [-0.3, -0.25) is 4.79 Å². The van der Waals surface area contributed by atoms with E-state index in [1.165, 1.54) is 12.6 Å². The molecule has 4 N–H and O–H groups in total. The molecule has 0 spiro atoms. The van der Waals surface area contributed by atoms with Gasteiger partial charge in [0.25, 0.3) is 10.0 Å². The molecule has 0 radical (unpaired) electrons. The van der Waals surface area contributed by atoms with Crippen molar-refractivity contribution in [3.63, 3.8) is 0 Å². The SMILES string of the molecule is Cc1nc(S(=O)(=O)NCCC(=O)NC2C3CCCC2CC(N)C3)cn1C.Cl. The van der Waals surface area contributed by atoms with Gasteiger partial charge >= 0.3 is 0 Å². The van der Waals surface area contributed by atoms with Crippen molar-refractivity contribution in [2.75, 3.05) is 6.54 Å². The molecule has 1 amide bonds. The number of nitrogens with zero attached hydrogens (tertiary/aromatic N) is 2. The Hall–Kier alpha value is -1.16. The Morgan fingerprint density at radius 1 is 1.33 bits per heavy atom. The molecule has 27 heavy (non-hydrogen) atoms. The third-order valence-corrected chi connectivity index (χ3v) is 7.04. The molecule has 10 heteroatoms. The number of imidazole rings is 1. The maximum atomic E-state index is 12.3. The average Bonchev–Trinajstić information content (AvgIpc) is 2.88. The van der Waals surface area contributed by atoms with Crippen LogP contribution in [0.1, 0.15) is 44.3 Å². The van der Waals surface area contributed by atoms with E-state index in [1.54, 1.807) is 18.5 Å². The molecule has 0 aromatic carbocycles. The second-order valence-corrected chi connectivity index (χ2v) is 9.37. The predicted molar refractivity (Wildman–Crippen MR) is 105 cm³/mol. The molecule has 8 nitrogen and oxygen atoms in total. The average molecular weight is 420 g/mol. The maximum absolute atomic E-state index is 12.3. The largest absolute Gasteiger partial charge is 0.353 e. The number of nitrogens with one attached hydrogen (secondary N) is 2. The molecule has 1 heterocycles. The Balaban J connectivity index is 0.00000261. The zero-order valence-electron chi connectivity index (χ0n) is 15.8. The van der Waals surface area contributed by atoms with Crippen LogP contribution in [0.2, 0.25) is 0 Å². The number of sulfonamides is 1. The first-order valence-corrected chi connectivity index (χ1v) is 10.8. The molecule has 0 aliphatic heterocycles. The van der Waals surface area contributed by atoms with Gasteiger partial charge in [-0.05, 0) is 44.4 Å². The molecule has 2 atom stereocenters. The number of hydrogen-bond acceptors (Lipinski definition) is 5. The van der Waals surface area contributed by atoms with Gasteiger partial charge in [-0.15, -0.1) is 12.4 Å². The fourth-order valence-electron chi connectivity index (χ4n) is 4.31. The summed E-state index contributed by atoms with van der Waals surface area (Å²) in [5.74, 6) is 1.41. The normalized spacial score (nSPS) is 27.7.